The van der Waals surface area contributed by atoms with Crippen LogP contribution in [0.4, 0.5) is 0 Å². The van der Waals surface area contributed by atoms with Crippen molar-refractivity contribution in [1.29, 1.82) is 0 Å². The summed E-state index contributed by atoms with van der Waals surface area (Å²) in [6.07, 6.45) is 3.52. The zero-order valence-corrected chi connectivity index (χ0v) is 13.5. The van der Waals surface area contributed by atoms with E-state index in [0.717, 1.165) is 46.8 Å². The van der Waals surface area contributed by atoms with Gasteiger partial charge in [-0.3, -0.25) is 0 Å². The summed E-state index contributed by atoms with van der Waals surface area (Å²) in [6, 6.07) is 5.68. The molecule has 6 heteroatoms. The molecule has 3 rings (SSSR count). The Morgan fingerprint density at radius 3 is 2.90 bits per heavy atom. The topological polar surface area (TPSA) is 30.9 Å². The molecule has 1 saturated heterocycles. The number of likely N-dealkylation sites (tertiary alicyclic amines) is 1. The van der Waals surface area contributed by atoms with Crippen molar-refractivity contribution in [3.8, 4) is 17.2 Å². The van der Waals surface area contributed by atoms with Gasteiger partial charge in [0.1, 0.15) is 10.1 Å². The van der Waals surface area contributed by atoms with E-state index in [1.807, 2.05) is 18.2 Å². The number of ether oxygens (including phenoxy) is 3. The van der Waals surface area contributed by atoms with E-state index in [9.17, 15) is 0 Å². The summed E-state index contributed by atoms with van der Waals surface area (Å²) in [7, 11) is 0. The van der Waals surface area contributed by atoms with Crippen LogP contribution in [0, 0.1) is 0 Å². The average molecular weight is 325 g/mol. The maximum absolute atomic E-state index is 5.73. The highest BCUT2D eigenvalue weighted by Gasteiger charge is 2.15. The molecule has 1 fully saturated rings. The highest BCUT2D eigenvalue weighted by atomic mass is 32.2. The minimum Gasteiger partial charge on any atom is -0.493 e. The van der Waals surface area contributed by atoms with Gasteiger partial charge in [0.2, 0.25) is 6.79 Å². The van der Waals surface area contributed by atoms with Gasteiger partial charge < -0.3 is 19.1 Å². The maximum Gasteiger partial charge on any atom is 0.231 e. The van der Waals surface area contributed by atoms with Gasteiger partial charge in [0.25, 0.3) is 0 Å². The van der Waals surface area contributed by atoms with Gasteiger partial charge in [-0.25, -0.2) is 0 Å². The van der Waals surface area contributed by atoms with E-state index in [1.165, 1.54) is 12.8 Å². The van der Waals surface area contributed by atoms with Crippen LogP contribution in [0.2, 0.25) is 0 Å². The van der Waals surface area contributed by atoms with Crippen molar-refractivity contribution in [2.45, 2.75) is 19.3 Å². The predicted molar refractivity (Wildman–Crippen MR) is 88.5 cm³/mol. The van der Waals surface area contributed by atoms with Crippen LogP contribution in [-0.2, 0) is 0 Å². The number of hydrogen-bond donors (Lipinski definition) is 0. The third-order valence-corrected chi connectivity index (χ3v) is 5.10. The van der Waals surface area contributed by atoms with E-state index < -0.39 is 0 Å². The Morgan fingerprint density at radius 1 is 1.24 bits per heavy atom. The Kier molecular flexibility index (Phi) is 5.08. The Morgan fingerprint density at radius 2 is 2.05 bits per heavy atom. The lowest BCUT2D eigenvalue weighted by molar-refractivity contribution is 0.173. The SMILES string of the molecule is S=C(SCCCOc1ccc2c(c1)OCO2)N1CCCC1. The third-order valence-electron chi connectivity index (χ3n) is 3.49. The first kappa shape index (κ1) is 14.8. The molecule has 0 atom stereocenters. The third kappa shape index (κ3) is 3.95. The molecule has 1 aromatic carbocycles. The first-order chi connectivity index (χ1) is 10.3. The predicted octanol–water partition coefficient (Wildman–Crippen LogP) is 3.30. The largest absolute Gasteiger partial charge is 0.493 e. The lowest BCUT2D eigenvalue weighted by Gasteiger charge is -2.17. The van der Waals surface area contributed by atoms with Gasteiger partial charge in [-0.15, -0.1) is 0 Å². The Bertz CT molecular complexity index is 504. The molecule has 0 saturated carbocycles. The molecule has 0 aliphatic carbocycles. The highest BCUT2D eigenvalue weighted by Crippen LogP contribution is 2.35. The van der Waals surface area contributed by atoms with Gasteiger partial charge in [0, 0.05) is 24.9 Å². The molecule has 2 heterocycles. The maximum atomic E-state index is 5.73. The van der Waals surface area contributed by atoms with Crippen LogP contribution in [0.5, 0.6) is 17.2 Å². The summed E-state index contributed by atoms with van der Waals surface area (Å²) in [5, 5.41) is 0. The van der Waals surface area contributed by atoms with Crippen LogP contribution in [0.1, 0.15) is 19.3 Å². The van der Waals surface area contributed by atoms with Gasteiger partial charge in [-0.2, -0.15) is 0 Å². The van der Waals surface area contributed by atoms with E-state index in [0.29, 0.717) is 13.4 Å². The van der Waals surface area contributed by atoms with Gasteiger partial charge in [0.05, 0.1) is 6.61 Å². The molecular weight excluding hydrogens is 306 g/mol. The summed E-state index contributed by atoms with van der Waals surface area (Å²) >= 11 is 7.19. The van der Waals surface area contributed by atoms with Crippen molar-refractivity contribution in [2.75, 3.05) is 32.2 Å². The molecular formula is C15H19NO3S2. The monoisotopic (exact) mass is 325 g/mol. The summed E-state index contributed by atoms with van der Waals surface area (Å²) in [6.45, 7) is 3.23. The Hall–Kier alpha value is -1.14. The standard InChI is InChI=1S/C15H19NO3S2/c20-15(16-6-1-2-7-16)21-9-3-8-17-12-4-5-13-14(10-12)19-11-18-13/h4-5,10H,1-3,6-9,11H2. The van der Waals surface area contributed by atoms with Crippen LogP contribution in [0.25, 0.3) is 0 Å². The average Bonchev–Trinajstić information content (AvgIpc) is 3.17. The lowest BCUT2D eigenvalue weighted by Crippen LogP contribution is -2.23. The fourth-order valence-electron chi connectivity index (χ4n) is 2.37. The number of fused-ring (bicyclic) bond motifs is 1. The molecule has 2 aliphatic rings. The van der Waals surface area contributed by atoms with E-state index >= 15 is 0 Å². The normalized spacial score (nSPS) is 16.3. The molecule has 4 nitrogen and oxygen atoms in total. The minimum atomic E-state index is 0.295. The Labute approximate surface area is 134 Å². The molecule has 0 amide bonds. The minimum absolute atomic E-state index is 0.295. The molecule has 1 aromatic rings. The van der Waals surface area contributed by atoms with E-state index in [2.05, 4.69) is 4.90 Å². The lowest BCUT2D eigenvalue weighted by atomic mass is 10.3. The quantitative estimate of drug-likeness (QED) is 0.610. The molecule has 0 spiro atoms. The first-order valence-electron chi connectivity index (χ1n) is 7.27. The second-order valence-electron chi connectivity index (χ2n) is 5.03. The van der Waals surface area contributed by atoms with Gasteiger partial charge in [0.15, 0.2) is 11.5 Å². The number of rotatable bonds is 5. The van der Waals surface area contributed by atoms with Crippen LogP contribution in [0.15, 0.2) is 18.2 Å². The molecule has 0 unspecified atom stereocenters. The summed E-state index contributed by atoms with van der Waals surface area (Å²) in [5.74, 6) is 3.37. The second kappa shape index (κ2) is 7.22. The summed E-state index contributed by atoms with van der Waals surface area (Å²) < 4.78 is 17.4. The summed E-state index contributed by atoms with van der Waals surface area (Å²) in [4.78, 5) is 2.30. The number of benzene rings is 1. The molecule has 0 aromatic heterocycles. The van der Waals surface area contributed by atoms with Crippen molar-refractivity contribution >= 4 is 28.3 Å². The van der Waals surface area contributed by atoms with Crippen LogP contribution in [-0.4, -0.2) is 41.5 Å². The van der Waals surface area contributed by atoms with E-state index in [-0.39, 0.29) is 0 Å². The zero-order valence-electron chi connectivity index (χ0n) is 11.9. The molecule has 114 valence electrons. The van der Waals surface area contributed by atoms with E-state index in [1.54, 1.807) is 11.8 Å². The fraction of sp³-hybridized carbons (Fsp3) is 0.533. The van der Waals surface area contributed by atoms with Gasteiger partial charge in [-0.1, -0.05) is 24.0 Å². The zero-order chi connectivity index (χ0) is 14.5. The molecule has 0 bridgehead atoms. The van der Waals surface area contributed by atoms with Gasteiger partial charge in [-0.05, 0) is 31.4 Å². The molecule has 21 heavy (non-hydrogen) atoms. The number of nitrogens with zero attached hydrogens (tertiary/aromatic N) is 1. The van der Waals surface area contributed by atoms with Crippen LogP contribution >= 0.6 is 24.0 Å². The van der Waals surface area contributed by atoms with Crippen molar-refractivity contribution in [3.05, 3.63) is 18.2 Å². The van der Waals surface area contributed by atoms with Crippen molar-refractivity contribution in [2.24, 2.45) is 0 Å². The Balaban J connectivity index is 1.34. The highest BCUT2D eigenvalue weighted by molar-refractivity contribution is 8.22. The van der Waals surface area contributed by atoms with Gasteiger partial charge >= 0.3 is 0 Å². The summed E-state index contributed by atoms with van der Waals surface area (Å²) in [5.41, 5.74) is 0. The number of thiocarbonyl (C=S) groups is 1. The fourth-order valence-corrected chi connectivity index (χ4v) is 3.60. The molecule has 0 radical (unpaired) electrons. The molecule has 0 N–H and O–H groups in total. The van der Waals surface area contributed by atoms with E-state index in [4.69, 9.17) is 26.4 Å². The van der Waals surface area contributed by atoms with Crippen LogP contribution < -0.4 is 14.2 Å². The number of thioether (sulfide) groups is 1. The number of hydrogen-bond acceptors (Lipinski definition) is 5. The van der Waals surface area contributed by atoms with Crippen molar-refractivity contribution in [1.82, 2.24) is 4.90 Å². The van der Waals surface area contributed by atoms with Crippen molar-refractivity contribution < 1.29 is 14.2 Å². The second-order valence-corrected chi connectivity index (χ2v) is 6.75. The molecule has 2 aliphatic heterocycles. The first-order valence-corrected chi connectivity index (χ1v) is 8.66. The van der Waals surface area contributed by atoms with Crippen molar-refractivity contribution in [3.63, 3.8) is 0 Å². The smallest absolute Gasteiger partial charge is 0.231 e. The van der Waals surface area contributed by atoms with Crippen LogP contribution in [0.3, 0.4) is 0 Å².